The molecule has 1 aromatic heterocycles. The summed E-state index contributed by atoms with van der Waals surface area (Å²) in [6.45, 7) is 4.29. The molecule has 0 fully saturated rings. The maximum atomic E-state index is 13.0. The summed E-state index contributed by atoms with van der Waals surface area (Å²) < 4.78 is 17.6. The molecule has 36 heavy (non-hydrogen) atoms. The number of carbonyl (C=O) groups is 1. The van der Waals surface area contributed by atoms with E-state index >= 15 is 0 Å². The van der Waals surface area contributed by atoms with Crippen LogP contribution in [0.2, 0.25) is 0 Å². The first-order valence-electron chi connectivity index (χ1n) is 11.7. The molecular formula is C29H30N2O5. The Morgan fingerprint density at radius 3 is 2.42 bits per heavy atom. The number of carbonyl (C=O) groups excluding carboxylic acids is 1. The van der Waals surface area contributed by atoms with Crippen molar-refractivity contribution in [3.05, 3.63) is 93.7 Å². The molecule has 3 aromatic rings. The van der Waals surface area contributed by atoms with E-state index in [0.717, 1.165) is 23.3 Å². The zero-order valence-electron chi connectivity index (χ0n) is 21.1. The normalized spacial score (nSPS) is 15.4. The first kappa shape index (κ1) is 24.9. The average molecular weight is 487 g/mol. The molecule has 0 spiro atoms. The van der Waals surface area contributed by atoms with Crippen LogP contribution in [0.25, 0.3) is 17.3 Å². The van der Waals surface area contributed by atoms with E-state index in [1.54, 1.807) is 62.9 Å². The maximum absolute atomic E-state index is 13.0. The van der Waals surface area contributed by atoms with Crippen molar-refractivity contribution in [2.75, 3.05) is 21.3 Å². The van der Waals surface area contributed by atoms with Gasteiger partial charge in [-0.1, -0.05) is 42.9 Å². The van der Waals surface area contributed by atoms with Gasteiger partial charge in [0.15, 0.2) is 17.3 Å². The maximum Gasteiger partial charge on any atom is 0.330 e. The number of imidazole rings is 1. The van der Waals surface area contributed by atoms with Crippen molar-refractivity contribution in [2.24, 2.45) is 5.92 Å². The summed E-state index contributed by atoms with van der Waals surface area (Å²) >= 11 is 0. The molecule has 1 aliphatic carbocycles. The molecule has 0 saturated carbocycles. The summed E-state index contributed by atoms with van der Waals surface area (Å²) in [5.41, 5.74) is 4.76. The minimum Gasteiger partial charge on any atom is -0.493 e. The molecule has 7 heteroatoms. The summed E-state index contributed by atoms with van der Waals surface area (Å²) in [6.07, 6.45) is 9.98. The van der Waals surface area contributed by atoms with E-state index in [9.17, 15) is 9.59 Å². The van der Waals surface area contributed by atoms with E-state index in [-0.39, 0.29) is 11.5 Å². The lowest BCUT2D eigenvalue weighted by Gasteiger charge is -2.18. The van der Waals surface area contributed by atoms with Crippen molar-refractivity contribution in [2.45, 2.75) is 20.3 Å². The van der Waals surface area contributed by atoms with Gasteiger partial charge in [0.2, 0.25) is 5.75 Å². The Kier molecular flexibility index (Phi) is 7.29. The molecule has 0 radical (unpaired) electrons. The SMILES string of the molecule is COc1cc(/C=C/C(=O)c2cccc(-n3cc(C4=CC=C(C)C(C)C4)[nH]c3=O)c2)cc(OC)c1OC. The third kappa shape index (κ3) is 5.05. The van der Waals surface area contributed by atoms with Crippen molar-refractivity contribution < 1.29 is 19.0 Å². The second-order valence-electron chi connectivity index (χ2n) is 8.76. The van der Waals surface area contributed by atoms with Gasteiger partial charge in [0.1, 0.15) is 0 Å². The lowest BCUT2D eigenvalue weighted by molar-refractivity contribution is 0.104. The molecule has 1 aliphatic rings. The highest BCUT2D eigenvalue weighted by molar-refractivity contribution is 6.07. The summed E-state index contributed by atoms with van der Waals surface area (Å²) in [4.78, 5) is 28.6. The highest BCUT2D eigenvalue weighted by Crippen LogP contribution is 2.38. The third-order valence-electron chi connectivity index (χ3n) is 6.44. The highest BCUT2D eigenvalue weighted by atomic mass is 16.5. The van der Waals surface area contributed by atoms with Crippen LogP contribution in [0, 0.1) is 5.92 Å². The monoisotopic (exact) mass is 486 g/mol. The van der Waals surface area contributed by atoms with Crippen LogP contribution in [-0.4, -0.2) is 36.7 Å². The van der Waals surface area contributed by atoms with Gasteiger partial charge < -0.3 is 19.2 Å². The van der Waals surface area contributed by atoms with Crippen LogP contribution in [0.5, 0.6) is 17.2 Å². The molecule has 7 nitrogen and oxygen atoms in total. The quantitative estimate of drug-likeness (QED) is 0.338. The van der Waals surface area contributed by atoms with Crippen LogP contribution >= 0.6 is 0 Å². The Bertz CT molecular complexity index is 1410. The van der Waals surface area contributed by atoms with Gasteiger partial charge in [0, 0.05) is 11.8 Å². The molecule has 2 aromatic carbocycles. The molecule has 1 unspecified atom stereocenters. The smallest absolute Gasteiger partial charge is 0.330 e. The van der Waals surface area contributed by atoms with Gasteiger partial charge in [0.25, 0.3) is 0 Å². The standard InChI is InChI=1S/C29H30N2O5/c1-18-9-11-21(13-19(18)2)24-17-31(29(33)30-24)23-8-6-7-22(16-23)25(32)12-10-20-14-26(34-3)28(36-5)27(15-20)35-4/h6-12,14-17,19H,13H2,1-5H3,(H,30,33)/b12-10+. The van der Waals surface area contributed by atoms with Crippen LogP contribution in [0.3, 0.4) is 0 Å². The van der Waals surface area contributed by atoms with E-state index in [2.05, 4.69) is 31.0 Å². The number of aromatic amines is 1. The van der Waals surface area contributed by atoms with Gasteiger partial charge in [0.05, 0.1) is 32.7 Å². The summed E-state index contributed by atoms with van der Waals surface area (Å²) in [7, 11) is 4.62. The summed E-state index contributed by atoms with van der Waals surface area (Å²) in [5.74, 6) is 1.72. The Morgan fingerprint density at radius 1 is 1.06 bits per heavy atom. The molecule has 1 N–H and O–H groups in total. The largest absolute Gasteiger partial charge is 0.493 e. The van der Waals surface area contributed by atoms with E-state index in [1.165, 1.54) is 23.3 Å². The van der Waals surface area contributed by atoms with Crippen molar-refractivity contribution >= 4 is 17.4 Å². The number of hydrogen-bond donors (Lipinski definition) is 1. The zero-order chi connectivity index (χ0) is 25.8. The number of nitrogens with one attached hydrogen (secondary N) is 1. The average Bonchev–Trinajstić information content (AvgIpc) is 3.29. The molecule has 1 heterocycles. The van der Waals surface area contributed by atoms with Gasteiger partial charge in [-0.25, -0.2) is 4.79 Å². The van der Waals surface area contributed by atoms with Crippen molar-refractivity contribution in [1.82, 2.24) is 9.55 Å². The van der Waals surface area contributed by atoms with Crippen LogP contribution < -0.4 is 19.9 Å². The summed E-state index contributed by atoms with van der Waals surface area (Å²) in [6, 6.07) is 10.5. The Morgan fingerprint density at radius 2 is 1.78 bits per heavy atom. The number of benzene rings is 2. The molecule has 0 amide bonds. The number of rotatable bonds is 8. The van der Waals surface area contributed by atoms with Gasteiger partial charge in [-0.2, -0.15) is 0 Å². The molecule has 0 saturated heterocycles. The Balaban J connectivity index is 1.59. The fraction of sp³-hybridized carbons (Fsp3) is 0.241. The van der Waals surface area contributed by atoms with Crippen LogP contribution in [0.1, 0.15) is 41.9 Å². The highest BCUT2D eigenvalue weighted by Gasteiger charge is 2.17. The Labute approximate surface area is 210 Å². The van der Waals surface area contributed by atoms with Crippen molar-refractivity contribution in [3.63, 3.8) is 0 Å². The van der Waals surface area contributed by atoms with Crippen LogP contribution in [0.15, 0.2) is 71.2 Å². The number of hydrogen-bond acceptors (Lipinski definition) is 5. The minimum absolute atomic E-state index is 0.196. The molecule has 0 bridgehead atoms. The lowest BCUT2D eigenvalue weighted by atomic mass is 9.88. The predicted octanol–water partition coefficient (Wildman–Crippen LogP) is 5.46. The van der Waals surface area contributed by atoms with E-state index in [0.29, 0.717) is 34.4 Å². The van der Waals surface area contributed by atoms with Gasteiger partial charge in [-0.05, 0) is 60.7 Å². The fourth-order valence-corrected chi connectivity index (χ4v) is 4.18. The molecular weight excluding hydrogens is 456 g/mol. The zero-order valence-corrected chi connectivity index (χ0v) is 21.1. The number of ketones is 1. The van der Waals surface area contributed by atoms with E-state index in [4.69, 9.17) is 14.2 Å². The van der Waals surface area contributed by atoms with Gasteiger partial charge >= 0.3 is 5.69 Å². The molecule has 1 atom stereocenters. The van der Waals surface area contributed by atoms with Crippen molar-refractivity contribution in [3.8, 4) is 22.9 Å². The van der Waals surface area contributed by atoms with Crippen LogP contribution in [-0.2, 0) is 0 Å². The first-order valence-corrected chi connectivity index (χ1v) is 11.7. The number of methoxy groups -OCH3 is 3. The second-order valence-corrected chi connectivity index (χ2v) is 8.76. The predicted molar refractivity (Wildman–Crippen MR) is 141 cm³/mol. The number of aromatic nitrogens is 2. The minimum atomic E-state index is -0.248. The van der Waals surface area contributed by atoms with Gasteiger partial charge in [-0.15, -0.1) is 0 Å². The number of H-pyrrole nitrogens is 1. The lowest BCUT2D eigenvalue weighted by Crippen LogP contribution is -2.14. The molecule has 0 aliphatic heterocycles. The molecule has 186 valence electrons. The summed E-state index contributed by atoms with van der Waals surface area (Å²) in [5, 5.41) is 0. The number of nitrogens with zero attached hydrogens (tertiary/aromatic N) is 1. The third-order valence-corrected chi connectivity index (χ3v) is 6.44. The Hall–Kier alpha value is -4.26. The van der Waals surface area contributed by atoms with Gasteiger partial charge in [-0.3, -0.25) is 9.36 Å². The number of ether oxygens (including phenoxy) is 3. The van der Waals surface area contributed by atoms with E-state index < -0.39 is 0 Å². The van der Waals surface area contributed by atoms with Crippen molar-refractivity contribution in [1.29, 1.82) is 0 Å². The second kappa shape index (κ2) is 10.6. The fourth-order valence-electron chi connectivity index (χ4n) is 4.18. The molecule has 4 rings (SSSR count). The van der Waals surface area contributed by atoms with E-state index in [1.807, 2.05) is 0 Å². The number of allylic oxidation sites excluding steroid dienone is 5. The van der Waals surface area contributed by atoms with Crippen LogP contribution in [0.4, 0.5) is 0 Å². The first-order chi connectivity index (χ1) is 17.3. The topological polar surface area (TPSA) is 82.6 Å².